The summed E-state index contributed by atoms with van der Waals surface area (Å²) < 4.78 is 32.9. The second-order valence-corrected chi connectivity index (χ2v) is 10.3. The predicted octanol–water partition coefficient (Wildman–Crippen LogP) is 1.52. The number of ether oxygens (including phenoxy) is 1. The third kappa shape index (κ3) is 3.83. The first-order valence-electron chi connectivity index (χ1n) is 8.07. The summed E-state index contributed by atoms with van der Waals surface area (Å²) >= 11 is 1.32. The summed E-state index contributed by atoms with van der Waals surface area (Å²) in [6.45, 7) is 2.96. The Morgan fingerprint density at radius 1 is 1.39 bits per heavy atom. The molecule has 3 N–H and O–H groups in total. The summed E-state index contributed by atoms with van der Waals surface area (Å²) in [6, 6.07) is 5.07. The quantitative estimate of drug-likeness (QED) is 0.740. The minimum Gasteiger partial charge on any atom is -0.435 e. The van der Waals surface area contributed by atoms with Gasteiger partial charge in [0, 0.05) is 22.5 Å². The summed E-state index contributed by atoms with van der Waals surface area (Å²) in [6.07, 6.45) is -0.945. The lowest BCUT2D eigenvalue weighted by Gasteiger charge is -2.17. The number of rotatable bonds is 4. The highest BCUT2D eigenvalue weighted by atomic mass is 32.2. The summed E-state index contributed by atoms with van der Waals surface area (Å²) in [7, 11) is -3.48. The second-order valence-electron chi connectivity index (χ2n) is 6.63. The van der Waals surface area contributed by atoms with E-state index in [0.29, 0.717) is 11.3 Å². The standard InChI is InChI=1S/C16H18N4O6S2/c1-16(2,28(3,23)24)14-20-19-13(26-14)8-4-5-11-9(6-8)18-12(21)10(7-27-11)25-15(17)22/h4-6,10H,7H2,1-3H3,(H2,17,22)(H,18,21)/t10-/m0/s1. The molecule has 0 radical (unpaired) electrons. The largest absolute Gasteiger partial charge is 0.435 e. The van der Waals surface area contributed by atoms with Crippen molar-refractivity contribution in [3.63, 3.8) is 0 Å². The van der Waals surface area contributed by atoms with Crippen LogP contribution in [0.15, 0.2) is 27.5 Å². The normalized spacial score (nSPS) is 17.4. The maximum Gasteiger partial charge on any atom is 0.405 e. The smallest absolute Gasteiger partial charge is 0.405 e. The highest BCUT2D eigenvalue weighted by Crippen LogP contribution is 2.36. The average Bonchev–Trinajstić information content (AvgIpc) is 3.03. The minimum absolute atomic E-state index is 0.0340. The van der Waals surface area contributed by atoms with Crippen LogP contribution < -0.4 is 11.1 Å². The molecule has 1 aliphatic rings. The summed E-state index contributed by atoms with van der Waals surface area (Å²) in [5.74, 6) is -0.211. The van der Waals surface area contributed by atoms with Crippen LogP contribution in [-0.4, -0.2) is 48.7 Å². The molecule has 0 fully saturated rings. The maximum atomic E-state index is 12.2. The molecule has 3 rings (SSSR count). The van der Waals surface area contributed by atoms with Crippen LogP contribution in [0.4, 0.5) is 10.5 Å². The van der Waals surface area contributed by atoms with Crippen molar-refractivity contribution < 1.29 is 27.2 Å². The van der Waals surface area contributed by atoms with Crippen LogP contribution in [0, 0.1) is 0 Å². The van der Waals surface area contributed by atoms with Crippen LogP contribution in [-0.2, 0) is 24.1 Å². The number of aromatic nitrogens is 2. The van der Waals surface area contributed by atoms with Gasteiger partial charge in [-0.3, -0.25) is 4.79 Å². The first kappa shape index (κ1) is 20.1. The molecule has 0 saturated heterocycles. The Labute approximate surface area is 165 Å². The number of hydrogen-bond donors (Lipinski definition) is 2. The number of nitrogens with two attached hydrogens (primary N) is 1. The van der Waals surface area contributed by atoms with Gasteiger partial charge in [0.25, 0.3) is 5.91 Å². The zero-order valence-corrected chi connectivity index (χ0v) is 16.9. The van der Waals surface area contributed by atoms with Crippen molar-refractivity contribution in [2.75, 3.05) is 17.3 Å². The van der Waals surface area contributed by atoms with Crippen LogP contribution in [0.25, 0.3) is 11.5 Å². The van der Waals surface area contributed by atoms with E-state index in [1.165, 1.54) is 25.6 Å². The lowest BCUT2D eigenvalue weighted by atomic mass is 10.2. The van der Waals surface area contributed by atoms with Gasteiger partial charge in [0.15, 0.2) is 15.9 Å². The van der Waals surface area contributed by atoms with Crippen molar-refractivity contribution in [2.24, 2.45) is 5.73 Å². The van der Waals surface area contributed by atoms with E-state index in [2.05, 4.69) is 15.5 Å². The van der Waals surface area contributed by atoms with Crippen molar-refractivity contribution >= 4 is 39.3 Å². The Morgan fingerprint density at radius 2 is 2.11 bits per heavy atom. The van der Waals surface area contributed by atoms with E-state index in [9.17, 15) is 18.0 Å². The van der Waals surface area contributed by atoms with E-state index < -0.39 is 32.7 Å². The first-order chi connectivity index (χ1) is 13.0. The Morgan fingerprint density at radius 3 is 2.75 bits per heavy atom. The SMILES string of the molecule is CC(C)(c1nnc(-c2ccc3c(c2)NC(=O)[C@@H](OC(N)=O)CS3)o1)S(C)(=O)=O. The minimum atomic E-state index is -3.48. The van der Waals surface area contributed by atoms with Crippen LogP contribution in [0.1, 0.15) is 19.7 Å². The van der Waals surface area contributed by atoms with Crippen molar-refractivity contribution in [2.45, 2.75) is 29.6 Å². The number of hydrogen-bond acceptors (Lipinski definition) is 9. The van der Waals surface area contributed by atoms with Gasteiger partial charge >= 0.3 is 6.09 Å². The lowest BCUT2D eigenvalue weighted by Crippen LogP contribution is -2.35. The molecule has 1 atom stereocenters. The summed E-state index contributed by atoms with van der Waals surface area (Å²) in [5.41, 5.74) is 5.96. The Balaban J connectivity index is 1.90. The number of carbonyl (C=O) groups is 2. The van der Waals surface area contributed by atoms with Gasteiger partial charge < -0.3 is 20.2 Å². The lowest BCUT2D eigenvalue weighted by molar-refractivity contribution is -0.123. The van der Waals surface area contributed by atoms with Crippen molar-refractivity contribution in [1.82, 2.24) is 10.2 Å². The predicted molar refractivity (Wildman–Crippen MR) is 101 cm³/mol. The molecule has 0 spiro atoms. The zero-order chi connectivity index (χ0) is 20.7. The van der Waals surface area contributed by atoms with Crippen molar-refractivity contribution in [3.05, 3.63) is 24.1 Å². The topological polar surface area (TPSA) is 154 Å². The monoisotopic (exact) mass is 426 g/mol. The molecule has 1 aromatic heterocycles. The van der Waals surface area contributed by atoms with Gasteiger partial charge in [-0.25, -0.2) is 13.2 Å². The number of fused-ring (bicyclic) bond motifs is 1. The van der Waals surface area contributed by atoms with Gasteiger partial charge in [0.05, 0.1) is 5.69 Å². The second kappa shape index (κ2) is 7.09. The molecule has 0 saturated carbocycles. The molecule has 0 unspecified atom stereocenters. The molecule has 1 aliphatic heterocycles. The molecule has 2 amide bonds. The molecule has 2 heterocycles. The van der Waals surface area contributed by atoms with Crippen LogP contribution >= 0.6 is 11.8 Å². The van der Waals surface area contributed by atoms with Gasteiger partial charge in [-0.15, -0.1) is 22.0 Å². The highest BCUT2D eigenvalue weighted by Gasteiger charge is 2.38. The molecular weight excluding hydrogens is 408 g/mol. The van der Waals surface area contributed by atoms with Gasteiger partial charge in [0.1, 0.15) is 4.75 Å². The Hall–Kier alpha value is -2.60. The molecule has 10 nitrogen and oxygen atoms in total. The number of benzene rings is 1. The fraction of sp³-hybridized carbons (Fsp3) is 0.375. The van der Waals surface area contributed by atoms with E-state index >= 15 is 0 Å². The van der Waals surface area contributed by atoms with Crippen molar-refractivity contribution in [1.29, 1.82) is 0 Å². The molecular formula is C16H18N4O6S2. The number of carbonyl (C=O) groups excluding carboxylic acids is 2. The summed E-state index contributed by atoms with van der Waals surface area (Å²) in [4.78, 5) is 23.9. The summed E-state index contributed by atoms with van der Waals surface area (Å²) in [5, 5.41) is 10.5. The number of primary amides is 1. The molecule has 12 heteroatoms. The number of sulfone groups is 1. The Bertz CT molecular complexity index is 1050. The van der Waals surface area contributed by atoms with Gasteiger partial charge in [-0.2, -0.15) is 0 Å². The molecule has 0 bridgehead atoms. The number of nitrogens with one attached hydrogen (secondary N) is 1. The van der Waals surface area contributed by atoms with Crippen LogP contribution in [0.2, 0.25) is 0 Å². The molecule has 2 aromatic rings. The third-order valence-electron chi connectivity index (χ3n) is 4.29. The molecule has 1 aromatic carbocycles. The van der Waals surface area contributed by atoms with Crippen LogP contribution in [0.3, 0.4) is 0 Å². The van der Waals surface area contributed by atoms with E-state index in [-0.39, 0.29) is 17.5 Å². The van der Waals surface area contributed by atoms with Gasteiger partial charge in [0.2, 0.25) is 11.8 Å². The van der Waals surface area contributed by atoms with Gasteiger partial charge in [-0.05, 0) is 32.0 Å². The van der Waals surface area contributed by atoms with E-state index in [1.807, 2.05) is 0 Å². The number of nitrogens with zero attached hydrogens (tertiary/aromatic N) is 2. The fourth-order valence-electron chi connectivity index (χ4n) is 2.31. The Kier molecular flexibility index (Phi) is 5.10. The molecule has 28 heavy (non-hydrogen) atoms. The van der Waals surface area contributed by atoms with Crippen molar-refractivity contribution in [3.8, 4) is 11.5 Å². The first-order valence-corrected chi connectivity index (χ1v) is 10.9. The average molecular weight is 426 g/mol. The molecule has 150 valence electrons. The number of amides is 2. The third-order valence-corrected chi connectivity index (χ3v) is 7.46. The van der Waals surface area contributed by atoms with E-state index in [4.69, 9.17) is 14.9 Å². The number of thioether (sulfide) groups is 1. The van der Waals surface area contributed by atoms with E-state index in [0.717, 1.165) is 11.2 Å². The highest BCUT2D eigenvalue weighted by molar-refractivity contribution is 7.99. The van der Waals surface area contributed by atoms with Crippen LogP contribution in [0.5, 0.6) is 0 Å². The van der Waals surface area contributed by atoms with E-state index in [1.54, 1.807) is 18.2 Å². The zero-order valence-electron chi connectivity index (χ0n) is 15.3. The number of anilines is 1. The fourth-order valence-corrected chi connectivity index (χ4v) is 3.69. The van der Waals surface area contributed by atoms with Gasteiger partial charge in [-0.1, -0.05) is 0 Å². The maximum absolute atomic E-state index is 12.2. The molecule has 0 aliphatic carbocycles.